The maximum absolute atomic E-state index is 2.00. The minimum Gasteiger partial charge on any atom is -1.00 e. The van der Waals surface area contributed by atoms with Gasteiger partial charge in [-0.15, -0.1) is 0 Å². The summed E-state index contributed by atoms with van der Waals surface area (Å²) >= 11 is 0. The van der Waals surface area contributed by atoms with Gasteiger partial charge in [-0.2, -0.15) is 36.4 Å². The molecule has 0 aromatic heterocycles. The van der Waals surface area contributed by atoms with Gasteiger partial charge in [-0.1, -0.05) is 0 Å². The van der Waals surface area contributed by atoms with Crippen LogP contribution in [0, 0.1) is 0 Å². The van der Waals surface area contributed by atoms with Crippen LogP contribution in [0.4, 0.5) is 0 Å². The molecule has 0 amide bonds. The largest absolute Gasteiger partial charge is 2.00 e. The van der Waals surface area contributed by atoms with E-state index in [1.165, 1.54) is 0 Å². The third kappa shape index (κ3) is 12.8. The molecule has 0 N–H and O–H groups in total. The van der Waals surface area contributed by atoms with E-state index in [0.29, 0.717) is 0 Å². The topological polar surface area (TPSA) is 0 Å². The predicted octanol–water partition coefficient (Wildman–Crippen LogP) is -3.18. The molecule has 72 valence electrons. The van der Waals surface area contributed by atoms with Crippen molar-refractivity contribution in [2.45, 2.75) is 0 Å². The van der Waals surface area contributed by atoms with E-state index in [-0.39, 0.29) is 69.0 Å². The fourth-order valence-electron chi connectivity index (χ4n) is 0.642. The molecule has 0 saturated heterocycles. The minimum atomic E-state index is 0. The second kappa shape index (κ2) is 15.3. The van der Waals surface area contributed by atoms with E-state index in [1.54, 1.807) is 0 Å². The molecule has 2 aromatic carbocycles. The number of halogens is 2. The Balaban J connectivity index is -0.000000125. The van der Waals surface area contributed by atoms with Gasteiger partial charge in [-0.3, -0.25) is 0 Å². The summed E-state index contributed by atoms with van der Waals surface area (Å²) in [5.74, 6) is 0. The average Bonchev–Trinajstić information content (AvgIpc) is 2.67. The number of hydrogen-bond donors (Lipinski definition) is 0. The Labute approximate surface area is 128 Å². The summed E-state index contributed by atoms with van der Waals surface area (Å²) in [5.41, 5.74) is 0. The number of hydrogen-bond acceptors (Lipinski definition) is 0. The number of rotatable bonds is 0. The molecule has 2 rings (SSSR count). The van der Waals surface area contributed by atoms with Crippen LogP contribution in [0.3, 0.4) is 0 Å². The maximum Gasteiger partial charge on any atom is 2.00 e. The third-order valence-electron chi connectivity index (χ3n) is 1.11. The van der Waals surface area contributed by atoms with Gasteiger partial charge in [0.1, 0.15) is 0 Å². The SMILES string of the molecule is [I-].[I-].[Mo+2].c1cc[cH-]c1.c1cc[cH-]c1. The van der Waals surface area contributed by atoms with E-state index in [4.69, 9.17) is 0 Å². The van der Waals surface area contributed by atoms with Crippen LogP contribution >= 0.6 is 0 Å². The maximum atomic E-state index is 2.00. The van der Waals surface area contributed by atoms with Crippen LogP contribution in [0.1, 0.15) is 0 Å². The fraction of sp³-hybridized carbons (Fsp3) is 0. The first kappa shape index (κ1) is 19.4. The van der Waals surface area contributed by atoms with Gasteiger partial charge in [-0.05, 0) is 0 Å². The van der Waals surface area contributed by atoms with Crippen molar-refractivity contribution < 1.29 is 69.0 Å². The van der Waals surface area contributed by atoms with Crippen LogP contribution in [-0.4, -0.2) is 0 Å². The Kier molecular flexibility index (Phi) is 22.9. The molecule has 0 radical (unpaired) electrons. The molecule has 0 unspecified atom stereocenters. The van der Waals surface area contributed by atoms with Crippen LogP contribution in [0.2, 0.25) is 0 Å². The van der Waals surface area contributed by atoms with Gasteiger partial charge < -0.3 is 48.0 Å². The zero-order valence-corrected chi connectivity index (χ0v) is 13.3. The van der Waals surface area contributed by atoms with E-state index in [1.807, 2.05) is 60.7 Å². The summed E-state index contributed by atoms with van der Waals surface area (Å²) in [6, 6.07) is 20.0. The van der Waals surface area contributed by atoms with E-state index in [0.717, 1.165) is 0 Å². The van der Waals surface area contributed by atoms with Crippen molar-refractivity contribution in [2.24, 2.45) is 0 Å². The van der Waals surface area contributed by atoms with Gasteiger partial charge in [-0.25, -0.2) is 24.3 Å². The molecule has 3 heteroatoms. The molecule has 0 aliphatic carbocycles. The molecule has 0 fully saturated rings. The molecular weight excluding hydrogens is 470 g/mol. The second-order valence-corrected chi connectivity index (χ2v) is 1.92. The van der Waals surface area contributed by atoms with Crippen LogP contribution < -0.4 is 48.0 Å². The molecule has 0 spiro atoms. The summed E-state index contributed by atoms with van der Waals surface area (Å²) in [6.07, 6.45) is 0. The van der Waals surface area contributed by atoms with E-state index in [9.17, 15) is 0 Å². The molecule has 0 saturated carbocycles. The fourth-order valence-corrected chi connectivity index (χ4v) is 0.642. The van der Waals surface area contributed by atoms with E-state index in [2.05, 4.69) is 0 Å². The van der Waals surface area contributed by atoms with Crippen LogP contribution in [0.15, 0.2) is 60.7 Å². The molecule has 0 atom stereocenters. The van der Waals surface area contributed by atoms with Crippen molar-refractivity contribution in [3.8, 4) is 0 Å². The second-order valence-electron chi connectivity index (χ2n) is 1.92. The minimum absolute atomic E-state index is 0. The zero-order valence-electron chi connectivity index (χ0n) is 6.94. The van der Waals surface area contributed by atoms with Crippen molar-refractivity contribution >= 4 is 0 Å². The quantitative estimate of drug-likeness (QED) is 0.212. The molecule has 2 aromatic rings. The monoisotopic (exact) mass is 482 g/mol. The summed E-state index contributed by atoms with van der Waals surface area (Å²) in [6.45, 7) is 0. The molecule has 0 nitrogen and oxygen atoms in total. The van der Waals surface area contributed by atoms with Crippen LogP contribution in [0.25, 0.3) is 0 Å². The average molecular weight is 480 g/mol. The molecule has 13 heavy (non-hydrogen) atoms. The van der Waals surface area contributed by atoms with Crippen LogP contribution in [0.5, 0.6) is 0 Å². The zero-order chi connectivity index (χ0) is 7.07. The van der Waals surface area contributed by atoms with E-state index < -0.39 is 0 Å². The van der Waals surface area contributed by atoms with Gasteiger partial charge in [0.15, 0.2) is 0 Å². The Hall–Kier alpha value is 0.848. The van der Waals surface area contributed by atoms with Gasteiger partial charge in [0, 0.05) is 0 Å². The first-order valence-electron chi connectivity index (χ1n) is 3.33. The summed E-state index contributed by atoms with van der Waals surface area (Å²) < 4.78 is 0. The molecule has 0 bridgehead atoms. The first-order chi connectivity index (χ1) is 5.00. The van der Waals surface area contributed by atoms with Crippen molar-refractivity contribution in [2.75, 3.05) is 0 Å². The van der Waals surface area contributed by atoms with Crippen molar-refractivity contribution in [1.82, 2.24) is 0 Å². The Morgan fingerprint density at radius 1 is 0.538 bits per heavy atom. The summed E-state index contributed by atoms with van der Waals surface area (Å²) in [5, 5.41) is 0. The van der Waals surface area contributed by atoms with Gasteiger partial charge in [0.05, 0.1) is 0 Å². The molecule has 0 aliphatic heterocycles. The van der Waals surface area contributed by atoms with Gasteiger partial charge >= 0.3 is 21.1 Å². The van der Waals surface area contributed by atoms with Gasteiger partial charge in [0.25, 0.3) is 0 Å². The van der Waals surface area contributed by atoms with Crippen LogP contribution in [-0.2, 0) is 21.1 Å². The Morgan fingerprint density at radius 3 is 0.846 bits per heavy atom. The first-order valence-corrected chi connectivity index (χ1v) is 3.33. The smallest absolute Gasteiger partial charge is 1.00 e. The van der Waals surface area contributed by atoms with Crippen molar-refractivity contribution in [1.29, 1.82) is 0 Å². The van der Waals surface area contributed by atoms with Crippen molar-refractivity contribution in [3.05, 3.63) is 60.7 Å². The van der Waals surface area contributed by atoms with Gasteiger partial charge in [0.2, 0.25) is 0 Å². The summed E-state index contributed by atoms with van der Waals surface area (Å²) in [4.78, 5) is 0. The third-order valence-corrected chi connectivity index (χ3v) is 1.11. The Morgan fingerprint density at radius 2 is 0.769 bits per heavy atom. The molecular formula is C10H10I2Mo-2. The van der Waals surface area contributed by atoms with E-state index >= 15 is 0 Å². The van der Waals surface area contributed by atoms with Crippen molar-refractivity contribution in [3.63, 3.8) is 0 Å². The molecule has 0 heterocycles. The predicted molar refractivity (Wildman–Crippen MR) is 44.1 cm³/mol. The molecule has 0 aliphatic rings. The standard InChI is InChI=1S/2C5H5.2HI.Mo/c2*1-2-4-5-3-1;;;/h2*1-5H;2*1H;/q2*-1;;;+2/p-2. The normalized spacial score (nSPS) is 6.15. The summed E-state index contributed by atoms with van der Waals surface area (Å²) in [7, 11) is 0. The Bertz CT molecular complexity index is 152.